The molecule has 0 aliphatic carbocycles. The van der Waals surface area contributed by atoms with Crippen molar-refractivity contribution in [2.45, 2.75) is 32.2 Å². The number of halogens is 1. The van der Waals surface area contributed by atoms with Gasteiger partial charge < -0.3 is 10.2 Å². The molecule has 0 unspecified atom stereocenters. The van der Waals surface area contributed by atoms with E-state index >= 15 is 0 Å². The number of rotatable bonds is 4. The van der Waals surface area contributed by atoms with Gasteiger partial charge in [0.05, 0.1) is 6.04 Å². The summed E-state index contributed by atoms with van der Waals surface area (Å²) >= 11 is 0. The van der Waals surface area contributed by atoms with Gasteiger partial charge in [-0.25, -0.2) is 4.39 Å². The Morgan fingerprint density at radius 2 is 2.05 bits per heavy atom. The third-order valence-electron chi connectivity index (χ3n) is 4.25. The van der Waals surface area contributed by atoms with E-state index in [0.717, 1.165) is 25.9 Å². The van der Waals surface area contributed by atoms with Gasteiger partial charge in [-0.15, -0.1) is 0 Å². The summed E-state index contributed by atoms with van der Waals surface area (Å²) in [5, 5.41) is 3.30. The van der Waals surface area contributed by atoms with E-state index in [2.05, 4.69) is 5.32 Å². The van der Waals surface area contributed by atoms with Crippen LogP contribution in [0.15, 0.2) is 24.3 Å². The highest BCUT2D eigenvalue weighted by Gasteiger charge is 2.23. The van der Waals surface area contributed by atoms with Crippen LogP contribution >= 0.6 is 0 Å². The molecule has 1 heterocycles. The fraction of sp³-hybridized carbons (Fsp3) is 0.562. The minimum atomic E-state index is -0.249. The number of piperidine rings is 1. The smallest absolute Gasteiger partial charge is 0.223 e. The van der Waals surface area contributed by atoms with Crippen molar-refractivity contribution in [1.82, 2.24) is 10.2 Å². The number of carbonyl (C=O) groups is 1. The molecule has 1 aliphatic heterocycles. The van der Waals surface area contributed by atoms with Crippen molar-refractivity contribution in [1.29, 1.82) is 0 Å². The maximum Gasteiger partial charge on any atom is 0.223 e. The predicted molar refractivity (Wildman–Crippen MR) is 77.8 cm³/mol. The van der Waals surface area contributed by atoms with Gasteiger partial charge in [0.15, 0.2) is 0 Å². The minimum absolute atomic E-state index is 0.104. The first-order valence-electron chi connectivity index (χ1n) is 7.30. The molecule has 0 spiro atoms. The highest BCUT2D eigenvalue weighted by Crippen LogP contribution is 2.24. The first kappa shape index (κ1) is 15.0. The van der Waals surface area contributed by atoms with Crippen molar-refractivity contribution in [2.24, 2.45) is 5.92 Å². The summed E-state index contributed by atoms with van der Waals surface area (Å²) in [4.78, 5) is 14.0. The van der Waals surface area contributed by atoms with Gasteiger partial charge in [-0.1, -0.05) is 18.2 Å². The van der Waals surface area contributed by atoms with E-state index in [1.54, 1.807) is 30.1 Å². The van der Waals surface area contributed by atoms with Crippen LogP contribution in [0.3, 0.4) is 0 Å². The van der Waals surface area contributed by atoms with Crippen LogP contribution in [0.2, 0.25) is 0 Å². The maximum absolute atomic E-state index is 13.8. The Labute approximate surface area is 120 Å². The Morgan fingerprint density at radius 1 is 1.40 bits per heavy atom. The van der Waals surface area contributed by atoms with Gasteiger partial charge in [-0.05, 0) is 44.8 Å². The topological polar surface area (TPSA) is 32.3 Å². The van der Waals surface area contributed by atoms with E-state index < -0.39 is 0 Å². The SMILES string of the molecule is C[C@@H](c1ccccc1F)N(C)C(=O)CC1CCNCC1. The molecular formula is C16H23FN2O. The number of hydrogen-bond donors (Lipinski definition) is 1. The van der Waals surface area contributed by atoms with Gasteiger partial charge in [0.25, 0.3) is 0 Å². The monoisotopic (exact) mass is 278 g/mol. The number of carbonyl (C=O) groups excluding carboxylic acids is 1. The van der Waals surface area contributed by atoms with Crippen molar-refractivity contribution in [3.63, 3.8) is 0 Å². The molecule has 1 aromatic rings. The Kier molecular flexibility index (Phi) is 5.12. The fourth-order valence-electron chi connectivity index (χ4n) is 2.72. The second-order valence-corrected chi connectivity index (χ2v) is 5.60. The van der Waals surface area contributed by atoms with Crippen molar-refractivity contribution >= 4 is 5.91 Å². The molecule has 0 radical (unpaired) electrons. The number of nitrogens with one attached hydrogen (secondary N) is 1. The molecule has 0 aromatic heterocycles. The lowest BCUT2D eigenvalue weighted by molar-refractivity contribution is -0.133. The molecular weight excluding hydrogens is 255 g/mol. The molecule has 0 bridgehead atoms. The number of benzene rings is 1. The summed E-state index contributed by atoms with van der Waals surface area (Å²) in [6.45, 7) is 3.85. The fourth-order valence-corrected chi connectivity index (χ4v) is 2.72. The zero-order valence-electron chi connectivity index (χ0n) is 12.2. The second kappa shape index (κ2) is 6.84. The van der Waals surface area contributed by atoms with Crippen LogP contribution in [-0.4, -0.2) is 30.9 Å². The molecule has 1 saturated heterocycles. The lowest BCUT2D eigenvalue weighted by atomic mass is 9.93. The second-order valence-electron chi connectivity index (χ2n) is 5.60. The van der Waals surface area contributed by atoms with Crippen LogP contribution in [0.5, 0.6) is 0 Å². The normalized spacial score (nSPS) is 17.8. The number of nitrogens with zero attached hydrogens (tertiary/aromatic N) is 1. The van der Waals surface area contributed by atoms with Crippen molar-refractivity contribution in [3.8, 4) is 0 Å². The highest BCUT2D eigenvalue weighted by atomic mass is 19.1. The van der Waals surface area contributed by atoms with Crippen molar-refractivity contribution in [3.05, 3.63) is 35.6 Å². The van der Waals surface area contributed by atoms with E-state index in [9.17, 15) is 9.18 Å². The predicted octanol–water partition coefficient (Wildman–Crippen LogP) is 2.73. The molecule has 1 aromatic carbocycles. The number of hydrogen-bond acceptors (Lipinski definition) is 2. The van der Waals surface area contributed by atoms with Gasteiger partial charge >= 0.3 is 0 Å². The van der Waals surface area contributed by atoms with Crippen molar-refractivity contribution in [2.75, 3.05) is 20.1 Å². The maximum atomic E-state index is 13.8. The number of amides is 1. The molecule has 20 heavy (non-hydrogen) atoms. The van der Waals surface area contributed by atoms with Crippen LogP contribution in [0, 0.1) is 11.7 Å². The third kappa shape index (κ3) is 3.57. The van der Waals surface area contributed by atoms with Gasteiger partial charge in [0, 0.05) is 19.0 Å². The van der Waals surface area contributed by atoms with Gasteiger partial charge in [0.2, 0.25) is 5.91 Å². The van der Waals surface area contributed by atoms with Crippen molar-refractivity contribution < 1.29 is 9.18 Å². The molecule has 0 saturated carbocycles. The third-order valence-corrected chi connectivity index (χ3v) is 4.25. The molecule has 1 fully saturated rings. The summed E-state index contributed by atoms with van der Waals surface area (Å²) < 4.78 is 13.8. The summed E-state index contributed by atoms with van der Waals surface area (Å²) in [6.07, 6.45) is 2.66. The molecule has 4 heteroatoms. The molecule has 2 rings (SSSR count). The first-order chi connectivity index (χ1) is 9.59. The van der Waals surface area contributed by atoms with Crippen LogP contribution in [0.25, 0.3) is 0 Å². The lowest BCUT2D eigenvalue weighted by Gasteiger charge is -2.29. The molecule has 3 nitrogen and oxygen atoms in total. The highest BCUT2D eigenvalue weighted by molar-refractivity contribution is 5.76. The Bertz CT molecular complexity index is 458. The summed E-state index contributed by atoms with van der Waals surface area (Å²) in [5.74, 6) is 0.313. The molecule has 110 valence electrons. The van der Waals surface area contributed by atoms with Crippen LogP contribution in [0.1, 0.15) is 37.8 Å². The first-order valence-corrected chi connectivity index (χ1v) is 7.30. The van der Waals surface area contributed by atoms with E-state index in [1.807, 2.05) is 6.92 Å². The van der Waals surface area contributed by atoms with E-state index in [1.165, 1.54) is 6.07 Å². The van der Waals surface area contributed by atoms with Crippen LogP contribution in [-0.2, 0) is 4.79 Å². The van der Waals surface area contributed by atoms with E-state index in [-0.39, 0.29) is 17.8 Å². The quantitative estimate of drug-likeness (QED) is 0.918. The molecule has 1 atom stereocenters. The zero-order valence-corrected chi connectivity index (χ0v) is 12.2. The summed E-state index contributed by atoms with van der Waals surface area (Å²) in [5.41, 5.74) is 0.577. The average Bonchev–Trinajstić information content (AvgIpc) is 2.47. The van der Waals surface area contributed by atoms with Gasteiger partial charge in [-0.3, -0.25) is 4.79 Å². The zero-order chi connectivity index (χ0) is 14.5. The lowest BCUT2D eigenvalue weighted by Crippen LogP contribution is -2.34. The van der Waals surface area contributed by atoms with Gasteiger partial charge in [-0.2, -0.15) is 0 Å². The minimum Gasteiger partial charge on any atom is -0.339 e. The Morgan fingerprint density at radius 3 is 2.70 bits per heavy atom. The van der Waals surface area contributed by atoms with E-state index in [4.69, 9.17) is 0 Å². The summed E-state index contributed by atoms with van der Waals surface area (Å²) in [7, 11) is 1.76. The largest absolute Gasteiger partial charge is 0.339 e. The van der Waals surface area contributed by atoms with Crippen LogP contribution in [0.4, 0.5) is 4.39 Å². The molecule has 1 N–H and O–H groups in total. The Hall–Kier alpha value is -1.42. The standard InChI is InChI=1S/C16H23FN2O/c1-12(14-5-3-4-6-15(14)17)19(2)16(20)11-13-7-9-18-10-8-13/h3-6,12-13,18H,7-11H2,1-2H3/t12-/m0/s1. The average molecular weight is 278 g/mol. The Balaban J connectivity index is 1.97. The van der Waals surface area contributed by atoms with Gasteiger partial charge in [0.1, 0.15) is 5.82 Å². The van der Waals surface area contributed by atoms with E-state index in [0.29, 0.717) is 17.9 Å². The summed E-state index contributed by atoms with van der Waals surface area (Å²) in [6, 6.07) is 6.43. The molecule has 1 aliphatic rings. The van der Waals surface area contributed by atoms with Crippen LogP contribution < -0.4 is 5.32 Å². The molecule has 1 amide bonds.